The van der Waals surface area contributed by atoms with E-state index in [2.05, 4.69) is 22.8 Å². The Morgan fingerprint density at radius 2 is 1.56 bits per heavy atom. The van der Waals surface area contributed by atoms with Crippen LogP contribution in [0.15, 0.2) is 48.5 Å². The predicted molar refractivity (Wildman–Crippen MR) is 134 cm³/mol. The van der Waals surface area contributed by atoms with E-state index in [4.69, 9.17) is 4.74 Å². The number of thioether (sulfide) groups is 1. The molecule has 182 valence electrons. The number of carboxylic acid groups (broad SMARTS) is 1. The van der Waals surface area contributed by atoms with Gasteiger partial charge < -0.3 is 20.5 Å². The summed E-state index contributed by atoms with van der Waals surface area (Å²) in [4.78, 5) is 37.2. The second-order valence-corrected chi connectivity index (χ2v) is 10.4. The van der Waals surface area contributed by atoms with E-state index in [1.54, 1.807) is 20.8 Å². The fourth-order valence-corrected chi connectivity index (χ4v) is 4.65. The third-order valence-electron chi connectivity index (χ3n) is 5.96. The molecule has 2 atom stereocenters. The summed E-state index contributed by atoms with van der Waals surface area (Å²) in [7, 11) is 0. The number of ether oxygens (including phenoxy) is 1. The van der Waals surface area contributed by atoms with Crippen molar-refractivity contribution in [2.24, 2.45) is 5.41 Å². The second-order valence-electron chi connectivity index (χ2n) is 9.45. The molecular weight excluding hydrogens is 452 g/mol. The van der Waals surface area contributed by atoms with Gasteiger partial charge in [-0.1, -0.05) is 69.3 Å². The van der Waals surface area contributed by atoms with Crippen molar-refractivity contribution in [2.45, 2.75) is 45.2 Å². The van der Waals surface area contributed by atoms with Gasteiger partial charge in [0.2, 0.25) is 5.91 Å². The smallest absolute Gasteiger partial charge is 0.407 e. The maximum Gasteiger partial charge on any atom is 0.407 e. The van der Waals surface area contributed by atoms with Crippen LogP contribution in [0.5, 0.6) is 0 Å². The zero-order valence-corrected chi connectivity index (χ0v) is 20.8. The van der Waals surface area contributed by atoms with E-state index in [1.165, 1.54) is 11.8 Å². The largest absolute Gasteiger partial charge is 0.480 e. The first-order valence-electron chi connectivity index (χ1n) is 11.3. The number of carboxylic acids is 1. The minimum atomic E-state index is -1.12. The number of rotatable bonds is 9. The third kappa shape index (κ3) is 5.91. The maximum atomic E-state index is 12.9. The van der Waals surface area contributed by atoms with Gasteiger partial charge in [0.1, 0.15) is 18.7 Å². The molecule has 7 nitrogen and oxygen atoms in total. The number of carbonyl (C=O) groups excluding carboxylic acids is 2. The number of hydrogen-bond donors (Lipinski definition) is 3. The van der Waals surface area contributed by atoms with Crippen LogP contribution in [0.2, 0.25) is 0 Å². The summed E-state index contributed by atoms with van der Waals surface area (Å²) in [5.74, 6) is -1.13. The average molecular weight is 485 g/mol. The second kappa shape index (κ2) is 11.0. The molecule has 1 aliphatic carbocycles. The molecule has 1 unspecified atom stereocenters. The summed E-state index contributed by atoms with van der Waals surface area (Å²) in [5.41, 5.74) is 3.78. The first kappa shape index (κ1) is 25.6. The lowest BCUT2D eigenvalue weighted by molar-refractivity contribution is -0.145. The van der Waals surface area contributed by atoms with Crippen molar-refractivity contribution in [1.29, 1.82) is 0 Å². The van der Waals surface area contributed by atoms with Gasteiger partial charge in [0.05, 0.1) is 0 Å². The normalized spacial score (nSPS) is 14.5. The molecule has 0 fully saturated rings. The quantitative estimate of drug-likeness (QED) is 0.491. The average Bonchev–Trinajstić information content (AvgIpc) is 3.11. The van der Waals surface area contributed by atoms with Crippen LogP contribution in [-0.2, 0) is 14.3 Å². The van der Waals surface area contributed by atoms with Crippen LogP contribution in [0.3, 0.4) is 0 Å². The molecule has 0 heterocycles. The topological polar surface area (TPSA) is 105 Å². The molecule has 0 spiro atoms. The van der Waals surface area contributed by atoms with E-state index in [0.717, 1.165) is 22.3 Å². The monoisotopic (exact) mass is 484 g/mol. The molecule has 0 saturated carbocycles. The minimum absolute atomic E-state index is 0.0890. The highest BCUT2D eigenvalue weighted by molar-refractivity contribution is 7.98. The van der Waals surface area contributed by atoms with Gasteiger partial charge in [0.15, 0.2) is 0 Å². The van der Waals surface area contributed by atoms with E-state index >= 15 is 0 Å². The lowest BCUT2D eigenvalue weighted by atomic mass is 9.86. The Kier molecular flexibility index (Phi) is 8.25. The molecule has 2 amide bonds. The SMILES string of the molecule is CSCCC(NC(=O)OCC1c2ccccc2-c2ccccc21)C(=O)N[C@@H](C(=O)O)C(C)(C)C. The van der Waals surface area contributed by atoms with Crippen LogP contribution >= 0.6 is 11.8 Å². The number of aliphatic carboxylic acids is 1. The Morgan fingerprint density at radius 1 is 1.00 bits per heavy atom. The number of alkyl carbamates (subject to hydrolysis) is 1. The van der Waals surface area contributed by atoms with Crippen LogP contribution in [0.25, 0.3) is 11.1 Å². The molecule has 0 radical (unpaired) electrons. The van der Waals surface area contributed by atoms with E-state index in [9.17, 15) is 19.5 Å². The highest BCUT2D eigenvalue weighted by Gasteiger charge is 2.35. The number of hydrogen-bond acceptors (Lipinski definition) is 5. The van der Waals surface area contributed by atoms with E-state index in [1.807, 2.05) is 42.7 Å². The van der Waals surface area contributed by atoms with Crippen molar-refractivity contribution < 1.29 is 24.2 Å². The van der Waals surface area contributed by atoms with E-state index < -0.39 is 35.5 Å². The molecule has 3 rings (SSSR count). The van der Waals surface area contributed by atoms with Crippen LogP contribution in [0, 0.1) is 5.41 Å². The summed E-state index contributed by atoms with van der Waals surface area (Å²) in [6.07, 6.45) is 1.55. The third-order valence-corrected chi connectivity index (χ3v) is 6.61. The molecule has 0 aromatic heterocycles. The fourth-order valence-electron chi connectivity index (χ4n) is 4.18. The van der Waals surface area contributed by atoms with E-state index in [0.29, 0.717) is 12.2 Å². The molecule has 34 heavy (non-hydrogen) atoms. The molecule has 1 aliphatic rings. The van der Waals surface area contributed by atoms with Crippen molar-refractivity contribution in [1.82, 2.24) is 10.6 Å². The van der Waals surface area contributed by atoms with Gasteiger partial charge in [0, 0.05) is 5.92 Å². The zero-order valence-electron chi connectivity index (χ0n) is 20.0. The number of carbonyl (C=O) groups is 3. The maximum absolute atomic E-state index is 12.9. The molecule has 0 bridgehead atoms. The lowest BCUT2D eigenvalue weighted by Gasteiger charge is -2.29. The Bertz CT molecular complexity index is 1000. The molecule has 3 N–H and O–H groups in total. The van der Waals surface area contributed by atoms with Crippen molar-refractivity contribution in [2.75, 3.05) is 18.6 Å². The Morgan fingerprint density at radius 3 is 2.06 bits per heavy atom. The van der Waals surface area contributed by atoms with Crippen LogP contribution in [0.1, 0.15) is 44.2 Å². The standard InChI is InChI=1S/C26H32N2O5S/c1-26(2,3)22(24(30)31)28-23(29)21(13-14-34-4)27-25(32)33-15-20-18-11-7-5-9-16(18)17-10-6-8-12-19(17)20/h5-12,20-22H,13-15H2,1-4H3,(H,27,32)(H,28,29)(H,30,31)/t21?,22-/m0/s1. The molecule has 0 saturated heterocycles. The fraction of sp³-hybridized carbons (Fsp3) is 0.423. The van der Waals surface area contributed by atoms with Crippen LogP contribution < -0.4 is 10.6 Å². The Hall–Kier alpha value is -3.00. The molecule has 2 aromatic rings. The van der Waals surface area contributed by atoms with Crippen LogP contribution in [0.4, 0.5) is 4.79 Å². The predicted octanol–water partition coefficient (Wildman–Crippen LogP) is 4.26. The van der Waals surface area contributed by atoms with Crippen molar-refractivity contribution in [3.05, 3.63) is 59.7 Å². The Labute approximate surface area is 204 Å². The first-order valence-corrected chi connectivity index (χ1v) is 12.7. The van der Waals surface area contributed by atoms with Crippen LogP contribution in [-0.4, -0.2) is 53.8 Å². The summed E-state index contributed by atoms with van der Waals surface area (Å²) < 4.78 is 5.57. The van der Waals surface area contributed by atoms with Gasteiger partial charge in [-0.05, 0) is 46.1 Å². The van der Waals surface area contributed by atoms with Gasteiger partial charge in [-0.3, -0.25) is 4.79 Å². The number of benzene rings is 2. The highest BCUT2D eigenvalue weighted by atomic mass is 32.2. The minimum Gasteiger partial charge on any atom is -0.480 e. The molecule has 2 aromatic carbocycles. The first-order chi connectivity index (χ1) is 16.1. The summed E-state index contributed by atoms with van der Waals surface area (Å²) in [5, 5.41) is 14.7. The Balaban J connectivity index is 1.67. The number of amides is 2. The summed E-state index contributed by atoms with van der Waals surface area (Å²) >= 11 is 1.54. The summed E-state index contributed by atoms with van der Waals surface area (Å²) in [6, 6.07) is 14.1. The van der Waals surface area contributed by atoms with Gasteiger partial charge in [0.25, 0.3) is 0 Å². The number of fused-ring (bicyclic) bond motifs is 3. The number of nitrogens with one attached hydrogen (secondary N) is 2. The van der Waals surface area contributed by atoms with Gasteiger partial charge >= 0.3 is 12.1 Å². The summed E-state index contributed by atoms with van der Waals surface area (Å²) in [6.45, 7) is 5.35. The molecular formula is C26H32N2O5S. The van der Waals surface area contributed by atoms with Crippen molar-refractivity contribution >= 4 is 29.7 Å². The molecule has 0 aliphatic heterocycles. The van der Waals surface area contributed by atoms with Gasteiger partial charge in [-0.2, -0.15) is 11.8 Å². The molecule has 8 heteroatoms. The van der Waals surface area contributed by atoms with Crippen molar-refractivity contribution in [3.63, 3.8) is 0 Å². The zero-order chi connectivity index (χ0) is 24.9. The van der Waals surface area contributed by atoms with Gasteiger partial charge in [-0.25, -0.2) is 9.59 Å². The van der Waals surface area contributed by atoms with Crippen molar-refractivity contribution in [3.8, 4) is 11.1 Å². The lowest BCUT2D eigenvalue weighted by Crippen LogP contribution is -2.55. The van der Waals surface area contributed by atoms with E-state index in [-0.39, 0.29) is 12.5 Å². The van der Waals surface area contributed by atoms with Gasteiger partial charge in [-0.15, -0.1) is 0 Å². The highest BCUT2D eigenvalue weighted by Crippen LogP contribution is 2.44.